The van der Waals surface area contributed by atoms with E-state index in [0.717, 1.165) is 16.6 Å². The summed E-state index contributed by atoms with van der Waals surface area (Å²) in [6.45, 7) is 41.7. The summed E-state index contributed by atoms with van der Waals surface area (Å²) in [5.41, 5.74) is 5.11. The molecule has 0 aromatic rings. The first-order valence-electron chi connectivity index (χ1n) is 12.0. The van der Waals surface area contributed by atoms with Gasteiger partial charge in [0.2, 0.25) is 0 Å². The van der Waals surface area contributed by atoms with Gasteiger partial charge in [-0.2, -0.15) is 0 Å². The van der Waals surface area contributed by atoms with E-state index in [9.17, 15) is 0 Å². The molecule has 0 aliphatic heterocycles. The molecule has 0 amide bonds. The van der Waals surface area contributed by atoms with E-state index in [4.69, 9.17) is 0 Å². The third-order valence-electron chi connectivity index (χ3n) is 6.27. The van der Waals surface area contributed by atoms with E-state index in [2.05, 4.69) is 155 Å². The minimum Gasteiger partial charge on any atom is -0.0602 e. The second-order valence-electron chi connectivity index (χ2n) is 15.9. The van der Waals surface area contributed by atoms with E-state index in [1.165, 1.54) is 0 Å². The van der Waals surface area contributed by atoms with Gasteiger partial charge in [-0.1, -0.05) is 125 Å². The van der Waals surface area contributed by atoms with Crippen molar-refractivity contribution in [2.24, 2.45) is 32.5 Å². The van der Waals surface area contributed by atoms with Gasteiger partial charge < -0.3 is 0 Å². The molecule has 4 heteroatoms. The Kier molecular flexibility index (Phi) is 17.1. The zero-order valence-electron chi connectivity index (χ0n) is 25.4. The molecule has 0 N–H and O–H groups in total. The molecule has 0 saturated heterocycles. The predicted molar refractivity (Wildman–Crippen MR) is 159 cm³/mol. The van der Waals surface area contributed by atoms with Crippen LogP contribution in [0, 0.1) is 32.5 Å². The molecule has 0 spiro atoms. The number of hydrogen-bond acceptors (Lipinski definition) is 0. The van der Waals surface area contributed by atoms with Gasteiger partial charge in [0, 0.05) is 50.5 Å². The Morgan fingerprint density at radius 3 is 0.355 bits per heavy atom. The molecule has 0 nitrogen and oxygen atoms in total. The molecule has 0 unspecified atom stereocenters. The second kappa shape index (κ2) is 13.4. The van der Waals surface area contributed by atoms with Crippen LogP contribution in [-0.2, 0) is 0 Å². The minimum absolute atomic E-state index is 0. The van der Waals surface area contributed by atoms with E-state index in [0.29, 0.717) is 32.5 Å². The summed E-state index contributed by atoms with van der Waals surface area (Å²) in [5, 5.41) is 0. The van der Waals surface area contributed by atoms with Gasteiger partial charge in [0.15, 0.2) is 0 Å². The predicted octanol–water partition coefficient (Wildman–Crippen LogP) is 7.12. The summed E-state index contributed by atoms with van der Waals surface area (Å²) in [4.78, 5) is 0. The number of hydrogen-bond donors (Lipinski definition) is 0. The van der Waals surface area contributed by atoms with Crippen molar-refractivity contribution < 1.29 is 0 Å². The molecule has 186 valence electrons. The van der Waals surface area contributed by atoms with E-state index in [1.807, 2.05) is 0 Å². The summed E-state index contributed by atoms with van der Waals surface area (Å²) in [6.07, 6.45) is 0. The molecule has 0 aliphatic rings. The third kappa shape index (κ3) is 19.3. The van der Waals surface area contributed by atoms with Crippen LogP contribution in [0.25, 0.3) is 0 Å². The van der Waals surface area contributed by atoms with Crippen molar-refractivity contribution in [3.63, 3.8) is 0 Å². The first kappa shape index (κ1) is 39.5. The molecule has 0 aromatic carbocycles. The SMILES string of the molecule is CC(C)(C)C([SiH2])C(C)(C)C.CC(C)(C)C([SiH2])C(C)(C)C.CC(C)(C)C([SiH2])C(C)(C)C.[Ga]. The van der Waals surface area contributed by atoms with E-state index < -0.39 is 0 Å². The molecule has 0 bridgehead atoms. The third-order valence-corrected chi connectivity index (χ3v) is 13.6. The van der Waals surface area contributed by atoms with Crippen molar-refractivity contribution in [2.75, 3.05) is 0 Å². The normalized spacial score (nSPS) is 13.9. The van der Waals surface area contributed by atoms with Gasteiger partial charge in [-0.25, -0.2) is 0 Å². The van der Waals surface area contributed by atoms with E-state index >= 15 is 0 Å². The molecule has 0 fully saturated rings. The summed E-state index contributed by atoms with van der Waals surface area (Å²) < 4.78 is 0. The second-order valence-corrected chi connectivity index (χ2v) is 18.3. The first-order valence-corrected chi connectivity index (χ1v) is 14.4. The van der Waals surface area contributed by atoms with Crippen LogP contribution in [0.3, 0.4) is 0 Å². The first-order chi connectivity index (χ1) is 12.5. The molecule has 31 heavy (non-hydrogen) atoms. The molecule has 0 atom stereocenters. The molecular formula is C27H63GaSi3. The van der Waals surface area contributed by atoms with Crippen molar-refractivity contribution >= 4 is 50.5 Å². The van der Waals surface area contributed by atoms with Gasteiger partial charge in [-0.15, -0.1) is 0 Å². The van der Waals surface area contributed by atoms with Gasteiger partial charge >= 0.3 is 0 Å². The Labute approximate surface area is 223 Å². The topological polar surface area (TPSA) is 0 Å². The molecule has 0 aliphatic carbocycles. The average molecular weight is 542 g/mol. The van der Waals surface area contributed by atoms with Crippen LogP contribution in [0.4, 0.5) is 0 Å². The van der Waals surface area contributed by atoms with Crippen LogP contribution in [0.2, 0.25) is 16.6 Å². The maximum absolute atomic E-state index is 2.32. The zero-order chi connectivity index (χ0) is 25.7. The fraction of sp³-hybridized carbons (Fsp3) is 1.00. The molecule has 0 rings (SSSR count). The van der Waals surface area contributed by atoms with Gasteiger partial charge in [0.1, 0.15) is 0 Å². The largest absolute Gasteiger partial charge is 0.0602 e. The summed E-state index contributed by atoms with van der Waals surface area (Å²) in [7, 11) is 6.38. The molecule has 6 radical (unpaired) electrons. The Balaban J connectivity index is -0.000000174. The fourth-order valence-corrected chi connectivity index (χ4v) is 3.90. The van der Waals surface area contributed by atoms with Crippen molar-refractivity contribution in [3.8, 4) is 0 Å². The smallest absolute Gasteiger partial charge is 0.0135 e. The quantitative estimate of drug-likeness (QED) is 0.287. The monoisotopic (exact) mass is 540 g/mol. The van der Waals surface area contributed by atoms with Crippen molar-refractivity contribution in [2.45, 2.75) is 141 Å². The molecule has 0 aromatic heterocycles. The molecule has 0 saturated carbocycles. The standard InChI is InChI=1S/3C9H21Si.Ga/c3*1-8(2,3)7(10)9(4,5)6;/h3*7H,10H2,1-6H3;. The minimum atomic E-state index is 0. The fourth-order valence-electron chi connectivity index (χ4n) is 3.90. The Hall–Kier alpha value is 1.29. The van der Waals surface area contributed by atoms with Gasteiger partial charge in [0.25, 0.3) is 0 Å². The Morgan fingerprint density at radius 2 is 0.355 bits per heavy atom. The zero-order valence-corrected chi connectivity index (χ0v) is 32.1. The Bertz CT molecular complexity index is 344. The number of rotatable bonds is 0. The Morgan fingerprint density at radius 1 is 0.290 bits per heavy atom. The molecular weight excluding hydrogens is 478 g/mol. The molecule has 0 heterocycles. The van der Waals surface area contributed by atoms with E-state index in [-0.39, 0.29) is 19.8 Å². The van der Waals surface area contributed by atoms with Crippen LogP contribution in [0.5, 0.6) is 0 Å². The summed E-state index contributed by atoms with van der Waals surface area (Å²) in [5.74, 6) is 0. The average Bonchev–Trinajstić information content (AvgIpc) is 2.40. The van der Waals surface area contributed by atoms with Crippen molar-refractivity contribution in [1.29, 1.82) is 0 Å². The van der Waals surface area contributed by atoms with Crippen LogP contribution < -0.4 is 0 Å². The van der Waals surface area contributed by atoms with Crippen molar-refractivity contribution in [1.82, 2.24) is 0 Å². The summed E-state index contributed by atoms with van der Waals surface area (Å²) in [6, 6.07) is 0. The van der Waals surface area contributed by atoms with Crippen LogP contribution in [0.1, 0.15) is 125 Å². The summed E-state index contributed by atoms with van der Waals surface area (Å²) >= 11 is 0. The van der Waals surface area contributed by atoms with Gasteiger partial charge in [-0.05, 0) is 49.1 Å². The van der Waals surface area contributed by atoms with Crippen LogP contribution >= 0.6 is 0 Å². The maximum atomic E-state index is 2.32. The van der Waals surface area contributed by atoms with E-state index in [1.54, 1.807) is 0 Å². The van der Waals surface area contributed by atoms with Gasteiger partial charge in [-0.3, -0.25) is 0 Å². The van der Waals surface area contributed by atoms with Crippen LogP contribution in [-0.4, -0.2) is 50.5 Å². The maximum Gasteiger partial charge on any atom is 0.0135 e. The van der Waals surface area contributed by atoms with Crippen LogP contribution in [0.15, 0.2) is 0 Å². The van der Waals surface area contributed by atoms with Gasteiger partial charge in [0.05, 0.1) is 0 Å². The van der Waals surface area contributed by atoms with Crippen molar-refractivity contribution in [3.05, 3.63) is 0 Å².